The molecule has 0 unspecified atom stereocenters. The van der Waals surface area contributed by atoms with Gasteiger partial charge in [0.15, 0.2) is 0 Å². The number of benzene rings is 1. The van der Waals surface area contributed by atoms with Crippen LogP contribution in [0, 0.1) is 0 Å². The van der Waals surface area contributed by atoms with Crippen LogP contribution in [-0.2, 0) is 4.74 Å². The fourth-order valence-corrected chi connectivity index (χ4v) is 2.28. The van der Waals surface area contributed by atoms with Crippen LogP contribution in [-0.4, -0.2) is 49.5 Å². The van der Waals surface area contributed by atoms with E-state index in [0.29, 0.717) is 37.7 Å². The van der Waals surface area contributed by atoms with Gasteiger partial charge in [-0.05, 0) is 22.1 Å². The Hall–Kier alpha value is -2.61. The molecule has 1 amide bonds. The molecule has 1 saturated heterocycles. The molecule has 2 aromatic rings. The van der Waals surface area contributed by atoms with Crippen LogP contribution in [0.2, 0.25) is 0 Å². The van der Waals surface area contributed by atoms with E-state index >= 15 is 0 Å². The molecule has 116 valence electrons. The van der Waals surface area contributed by atoms with E-state index < -0.39 is 5.63 Å². The quantitative estimate of drug-likeness (QED) is 0.788. The van der Waals surface area contributed by atoms with Gasteiger partial charge in [0.25, 0.3) is 0 Å². The van der Waals surface area contributed by atoms with Crippen molar-refractivity contribution in [2.24, 2.45) is 0 Å². The SMILES string of the molecule is COc1ccc(-[n+]2[nH]oc(=O)c2C(=O)N2CCOCC2)cc1. The number of amides is 1. The summed E-state index contributed by atoms with van der Waals surface area (Å²) in [7, 11) is 1.56. The van der Waals surface area contributed by atoms with E-state index in [1.165, 1.54) is 4.68 Å². The molecule has 1 aliphatic rings. The number of hydrogen-bond acceptors (Lipinski definition) is 5. The smallest absolute Gasteiger partial charge is 0.441 e. The summed E-state index contributed by atoms with van der Waals surface area (Å²) in [6.07, 6.45) is 0. The topological polar surface area (TPSA) is 88.7 Å². The van der Waals surface area contributed by atoms with Crippen LogP contribution in [0.5, 0.6) is 5.75 Å². The van der Waals surface area contributed by atoms with Crippen molar-refractivity contribution in [1.29, 1.82) is 0 Å². The number of morpholine rings is 1. The Bertz CT molecular complexity index is 713. The maximum atomic E-state index is 12.5. The van der Waals surface area contributed by atoms with Gasteiger partial charge in [-0.3, -0.25) is 9.32 Å². The summed E-state index contributed by atoms with van der Waals surface area (Å²) in [5.74, 6) is 0.297. The molecule has 3 rings (SSSR count). The van der Waals surface area contributed by atoms with E-state index in [0.717, 1.165) is 0 Å². The van der Waals surface area contributed by atoms with Crippen molar-refractivity contribution in [2.45, 2.75) is 0 Å². The molecule has 0 aliphatic carbocycles. The molecule has 1 N–H and O–H groups in total. The Balaban J connectivity index is 1.96. The first-order valence-electron chi connectivity index (χ1n) is 6.85. The zero-order chi connectivity index (χ0) is 15.5. The Labute approximate surface area is 125 Å². The monoisotopic (exact) mass is 306 g/mol. The third kappa shape index (κ3) is 2.60. The predicted octanol–water partition coefficient (Wildman–Crippen LogP) is -0.274. The number of rotatable bonds is 3. The first kappa shape index (κ1) is 14.3. The summed E-state index contributed by atoms with van der Waals surface area (Å²) in [5, 5.41) is 2.46. The van der Waals surface area contributed by atoms with Crippen molar-refractivity contribution in [3.63, 3.8) is 0 Å². The minimum atomic E-state index is -0.702. The van der Waals surface area contributed by atoms with E-state index in [-0.39, 0.29) is 11.6 Å². The van der Waals surface area contributed by atoms with Crippen LogP contribution in [0.15, 0.2) is 33.6 Å². The predicted molar refractivity (Wildman–Crippen MR) is 74.1 cm³/mol. The minimum absolute atomic E-state index is 0.0629. The van der Waals surface area contributed by atoms with E-state index in [1.807, 2.05) is 0 Å². The Morgan fingerprint density at radius 2 is 1.95 bits per heavy atom. The van der Waals surface area contributed by atoms with Crippen molar-refractivity contribution in [2.75, 3.05) is 33.4 Å². The molecule has 1 aromatic heterocycles. The van der Waals surface area contributed by atoms with Crippen molar-refractivity contribution < 1.29 is 23.5 Å². The fourth-order valence-electron chi connectivity index (χ4n) is 2.28. The number of methoxy groups -OCH3 is 1. The lowest BCUT2D eigenvalue weighted by Crippen LogP contribution is -2.49. The molecule has 0 saturated carbocycles. The highest BCUT2D eigenvalue weighted by atomic mass is 16.5. The number of carbonyl (C=O) groups excluding carboxylic acids is 1. The molecule has 0 atom stereocenters. The van der Waals surface area contributed by atoms with Crippen molar-refractivity contribution in [1.82, 2.24) is 10.2 Å². The van der Waals surface area contributed by atoms with Gasteiger partial charge in [-0.25, -0.2) is 4.79 Å². The van der Waals surface area contributed by atoms with Crippen LogP contribution in [0.3, 0.4) is 0 Å². The lowest BCUT2D eigenvalue weighted by atomic mass is 10.3. The van der Waals surface area contributed by atoms with E-state index in [2.05, 4.69) is 5.27 Å². The number of aromatic amines is 1. The van der Waals surface area contributed by atoms with Gasteiger partial charge in [0.2, 0.25) is 5.69 Å². The van der Waals surface area contributed by atoms with E-state index in [9.17, 15) is 9.59 Å². The van der Waals surface area contributed by atoms with Crippen LogP contribution >= 0.6 is 0 Å². The van der Waals surface area contributed by atoms with E-state index in [4.69, 9.17) is 14.0 Å². The van der Waals surface area contributed by atoms with Gasteiger partial charge in [0, 0.05) is 25.2 Å². The first-order valence-corrected chi connectivity index (χ1v) is 6.85. The molecule has 1 aliphatic heterocycles. The molecule has 1 fully saturated rings. The Morgan fingerprint density at radius 1 is 1.27 bits per heavy atom. The van der Waals surface area contributed by atoms with Gasteiger partial charge in [0.1, 0.15) is 5.75 Å². The minimum Gasteiger partial charge on any atom is -0.497 e. The number of ether oxygens (including phenoxy) is 2. The molecule has 1 aromatic carbocycles. The second-order valence-corrected chi connectivity index (χ2v) is 4.77. The summed E-state index contributed by atoms with van der Waals surface area (Å²) >= 11 is 0. The van der Waals surface area contributed by atoms with Crippen LogP contribution in [0.25, 0.3) is 5.69 Å². The summed E-state index contributed by atoms with van der Waals surface area (Å²) in [6.45, 7) is 1.83. The van der Waals surface area contributed by atoms with Crippen LogP contribution in [0.4, 0.5) is 0 Å². The molecule has 0 spiro atoms. The number of nitrogens with zero attached hydrogens (tertiary/aromatic N) is 2. The van der Waals surface area contributed by atoms with Crippen molar-refractivity contribution in [3.05, 3.63) is 40.4 Å². The summed E-state index contributed by atoms with van der Waals surface area (Å²) in [5.41, 5.74) is -0.164. The number of aromatic nitrogens is 2. The first-order chi connectivity index (χ1) is 10.7. The van der Waals surface area contributed by atoms with E-state index in [1.54, 1.807) is 36.3 Å². The number of hydrogen-bond donors (Lipinski definition) is 1. The summed E-state index contributed by atoms with van der Waals surface area (Å²) in [4.78, 5) is 26.0. The summed E-state index contributed by atoms with van der Waals surface area (Å²) in [6, 6.07) is 6.91. The van der Waals surface area contributed by atoms with Crippen LogP contribution < -0.4 is 15.0 Å². The van der Waals surface area contributed by atoms with Crippen molar-refractivity contribution >= 4 is 5.91 Å². The molecule has 8 nitrogen and oxygen atoms in total. The third-order valence-electron chi connectivity index (χ3n) is 3.48. The fraction of sp³-hybridized carbons (Fsp3) is 0.357. The van der Waals surface area contributed by atoms with Gasteiger partial charge in [0.05, 0.1) is 20.3 Å². The molecule has 0 radical (unpaired) electrons. The second-order valence-electron chi connectivity index (χ2n) is 4.77. The summed E-state index contributed by atoms with van der Waals surface area (Å²) < 4.78 is 16.4. The zero-order valence-corrected chi connectivity index (χ0v) is 12.1. The van der Waals surface area contributed by atoms with Crippen molar-refractivity contribution in [3.8, 4) is 11.4 Å². The zero-order valence-electron chi connectivity index (χ0n) is 12.1. The normalized spacial score (nSPS) is 14.9. The van der Waals surface area contributed by atoms with Gasteiger partial charge in [-0.1, -0.05) is 0 Å². The highest BCUT2D eigenvalue weighted by Crippen LogP contribution is 2.11. The lowest BCUT2D eigenvalue weighted by molar-refractivity contribution is -0.672. The van der Waals surface area contributed by atoms with Gasteiger partial charge in [-0.2, -0.15) is 0 Å². The Morgan fingerprint density at radius 3 is 2.59 bits per heavy atom. The molecule has 2 heterocycles. The maximum absolute atomic E-state index is 12.5. The lowest BCUT2D eigenvalue weighted by Gasteiger charge is -2.24. The second kappa shape index (κ2) is 6.02. The molecule has 22 heavy (non-hydrogen) atoms. The standard InChI is InChI=1S/C14H15N3O5/c1-20-11-4-2-10(3-5-11)17-12(14(19)22-15-17)13(18)16-6-8-21-9-7-16/h2-5H,6-9H2,1H3/p+1. The highest BCUT2D eigenvalue weighted by Gasteiger charge is 2.35. The Kier molecular flexibility index (Phi) is 3.92. The highest BCUT2D eigenvalue weighted by molar-refractivity contribution is 5.90. The van der Waals surface area contributed by atoms with Gasteiger partial charge in [-0.15, -0.1) is 0 Å². The third-order valence-corrected chi connectivity index (χ3v) is 3.48. The molecular formula is C14H16N3O5+. The number of H-pyrrole nitrogens is 1. The van der Waals surface area contributed by atoms with Gasteiger partial charge >= 0.3 is 17.2 Å². The number of nitrogens with one attached hydrogen (secondary N) is 1. The molecule has 0 bridgehead atoms. The van der Waals surface area contributed by atoms with Crippen LogP contribution in [0.1, 0.15) is 10.5 Å². The average molecular weight is 306 g/mol. The maximum Gasteiger partial charge on any atom is 0.441 e. The largest absolute Gasteiger partial charge is 0.497 e. The van der Waals surface area contributed by atoms with Gasteiger partial charge < -0.3 is 14.4 Å². The molecular weight excluding hydrogens is 290 g/mol. The average Bonchev–Trinajstić information content (AvgIpc) is 2.96. The number of carbonyl (C=O) groups is 1. The molecule has 8 heteroatoms.